The molecule has 1 aliphatic heterocycles. The van der Waals surface area contributed by atoms with Gasteiger partial charge in [-0.25, -0.2) is 5.01 Å². The summed E-state index contributed by atoms with van der Waals surface area (Å²) in [6, 6.07) is 17.1. The lowest BCUT2D eigenvalue weighted by Crippen LogP contribution is -2.30. The highest BCUT2D eigenvalue weighted by Gasteiger charge is 2.27. The number of hydrogen-bond acceptors (Lipinski definition) is 6. The summed E-state index contributed by atoms with van der Waals surface area (Å²) in [5.74, 6) is 0.411. The van der Waals surface area contributed by atoms with E-state index in [2.05, 4.69) is 10.4 Å². The van der Waals surface area contributed by atoms with Gasteiger partial charge in [0.2, 0.25) is 0 Å². The third-order valence-electron chi connectivity index (χ3n) is 5.00. The molecule has 0 saturated carbocycles. The normalized spacial score (nSPS) is 14.1. The van der Waals surface area contributed by atoms with Gasteiger partial charge in [0, 0.05) is 6.54 Å². The third-order valence-corrected chi connectivity index (χ3v) is 5.00. The van der Waals surface area contributed by atoms with Crippen molar-refractivity contribution in [1.29, 1.82) is 5.26 Å². The minimum absolute atomic E-state index is 0.135. The molecule has 0 aromatic heterocycles. The van der Waals surface area contributed by atoms with E-state index in [1.54, 1.807) is 31.2 Å². The maximum absolute atomic E-state index is 12.5. The molecule has 0 saturated heterocycles. The van der Waals surface area contributed by atoms with E-state index in [-0.39, 0.29) is 31.4 Å². The SMILES string of the molecule is COc1cc(/C=C2/C(=O)N(CCC#N)N=C2C)ccc1OCC(=O)NCCc1ccccc1. The molecule has 0 aliphatic carbocycles. The topological polar surface area (TPSA) is 104 Å². The number of carbonyl (C=O) groups is 2. The van der Waals surface area contributed by atoms with E-state index >= 15 is 0 Å². The van der Waals surface area contributed by atoms with Crippen molar-refractivity contribution >= 4 is 23.6 Å². The van der Waals surface area contributed by atoms with Gasteiger partial charge in [-0.2, -0.15) is 10.4 Å². The number of nitriles is 1. The van der Waals surface area contributed by atoms with Crippen LogP contribution in [0.15, 0.2) is 59.2 Å². The molecule has 0 atom stereocenters. The molecule has 0 unspecified atom stereocenters. The fourth-order valence-electron chi connectivity index (χ4n) is 3.29. The van der Waals surface area contributed by atoms with Gasteiger partial charge in [-0.3, -0.25) is 9.59 Å². The minimum Gasteiger partial charge on any atom is -0.493 e. The monoisotopic (exact) mass is 446 g/mol. The van der Waals surface area contributed by atoms with E-state index in [1.807, 2.05) is 36.4 Å². The minimum atomic E-state index is -0.241. The summed E-state index contributed by atoms with van der Waals surface area (Å²) in [6.07, 6.45) is 2.68. The van der Waals surface area contributed by atoms with Gasteiger partial charge in [0.25, 0.3) is 11.8 Å². The van der Waals surface area contributed by atoms with E-state index in [9.17, 15) is 9.59 Å². The van der Waals surface area contributed by atoms with Gasteiger partial charge in [0.1, 0.15) is 0 Å². The highest BCUT2D eigenvalue weighted by molar-refractivity contribution is 6.26. The first-order chi connectivity index (χ1) is 16.0. The van der Waals surface area contributed by atoms with Crippen LogP contribution in [-0.4, -0.2) is 49.3 Å². The fourth-order valence-corrected chi connectivity index (χ4v) is 3.29. The van der Waals surface area contributed by atoms with Crippen LogP contribution in [0, 0.1) is 11.3 Å². The van der Waals surface area contributed by atoms with E-state index in [0.29, 0.717) is 29.3 Å². The number of nitrogens with one attached hydrogen (secondary N) is 1. The first kappa shape index (κ1) is 23.5. The Morgan fingerprint density at radius 1 is 1.21 bits per heavy atom. The van der Waals surface area contributed by atoms with Crippen LogP contribution < -0.4 is 14.8 Å². The molecule has 0 bridgehead atoms. The molecule has 2 aromatic carbocycles. The lowest BCUT2D eigenvalue weighted by molar-refractivity contribution is -0.125. The van der Waals surface area contributed by atoms with Crippen molar-refractivity contribution in [2.24, 2.45) is 5.10 Å². The summed E-state index contributed by atoms with van der Waals surface area (Å²) < 4.78 is 11.0. The molecule has 2 amide bonds. The van der Waals surface area contributed by atoms with E-state index in [4.69, 9.17) is 14.7 Å². The number of hydrazone groups is 1. The molecular formula is C25H26N4O4. The van der Waals surface area contributed by atoms with Crippen LogP contribution in [0.5, 0.6) is 11.5 Å². The van der Waals surface area contributed by atoms with Gasteiger partial charge >= 0.3 is 0 Å². The zero-order chi connectivity index (χ0) is 23.6. The molecule has 3 rings (SSSR count). The highest BCUT2D eigenvalue weighted by atomic mass is 16.5. The van der Waals surface area contributed by atoms with Crippen molar-refractivity contribution in [3.05, 3.63) is 65.2 Å². The Morgan fingerprint density at radius 3 is 2.73 bits per heavy atom. The van der Waals surface area contributed by atoms with Gasteiger partial charge in [-0.1, -0.05) is 36.4 Å². The zero-order valence-electron chi connectivity index (χ0n) is 18.7. The largest absolute Gasteiger partial charge is 0.493 e. The maximum atomic E-state index is 12.5. The Balaban J connectivity index is 1.58. The van der Waals surface area contributed by atoms with Gasteiger partial charge in [0.05, 0.1) is 37.4 Å². The second-order valence-corrected chi connectivity index (χ2v) is 7.36. The molecule has 0 radical (unpaired) electrons. The summed E-state index contributed by atoms with van der Waals surface area (Å²) in [7, 11) is 1.51. The molecule has 0 spiro atoms. The van der Waals surface area contributed by atoms with Crippen molar-refractivity contribution in [1.82, 2.24) is 10.3 Å². The Hall–Kier alpha value is -4.12. The van der Waals surface area contributed by atoms with Gasteiger partial charge < -0.3 is 14.8 Å². The predicted octanol–water partition coefficient (Wildman–Crippen LogP) is 2.95. The molecule has 1 N–H and O–H groups in total. The first-order valence-corrected chi connectivity index (χ1v) is 10.6. The maximum Gasteiger partial charge on any atom is 0.275 e. The van der Waals surface area contributed by atoms with Crippen LogP contribution in [0.3, 0.4) is 0 Å². The van der Waals surface area contributed by atoms with Crippen molar-refractivity contribution in [3.63, 3.8) is 0 Å². The number of rotatable bonds is 10. The van der Waals surface area contributed by atoms with E-state index < -0.39 is 0 Å². The van der Waals surface area contributed by atoms with Crippen molar-refractivity contribution in [2.45, 2.75) is 19.8 Å². The molecule has 8 heteroatoms. The van der Waals surface area contributed by atoms with Gasteiger partial charge in [0.15, 0.2) is 18.1 Å². The Morgan fingerprint density at radius 2 is 2.00 bits per heavy atom. The Kier molecular flexibility index (Phi) is 8.19. The third kappa shape index (κ3) is 6.43. The molecule has 0 fully saturated rings. The standard InChI is InChI=1S/C25H26N4O4/c1-18-21(25(31)29(28-18)14-6-12-26)15-20-9-10-22(23(16-20)32-2)33-17-24(30)27-13-11-19-7-4-3-5-8-19/h3-5,7-10,15-16H,6,11,13-14,17H2,1-2H3,(H,27,30)/b21-15+. The quantitative estimate of drug-likeness (QED) is 0.565. The van der Waals surface area contributed by atoms with Crippen LogP contribution in [0.25, 0.3) is 6.08 Å². The van der Waals surface area contributed by atoms with E-state index in [0.717, 1.165) is 17.5 Å². The second kappa shape index (κ2) is 11.5. The molecule has 33 heavy (non-hydrogen) atoms. The van der Waals surface area contributed by atoms with Crippen LogP contribution in [0.2, 0.25) is 0 Å². The summed E-state index contributed by atoms with van der Waals surface area (Å²) in [6.45, 7) is 2.40. The first-order valence-electron chi connectivity index (χ1n) is 10.6. The number of ether oxygens (including phenoxy) is 2. The summed E-state index contributed by atoms with van der Waals surface area (Å²) >= 11 is 0. The van der Waals surface area contributed by atoms with Crippen molar-refractivity contribution in [3.8, 4) is 17.6 Å². The molecule has 1 aliphatic rings. The second-order valence-electron chi connectivity index (χ2n) is 7.36. The summed E-state index contributed by atoms with van der Waals surface area (Å²) in [5, 5.41) is 17.1. The Bertz CT molecular complexity index is 1100. The molecule has 170 valence electrons. The number of methoxy groups -OCH3 is 1. The number of hydrogen-bond donors (Lipinski definition) is 1. The molecule has 1 heterocycles. The lowest BCUT2D eigenvalue weighted by atomic mass is 10.1. The summed E-state index contributed by atoms with van der Waals surface area (Å²) in [4.78, 5) is 24.7. The molecular weight excluding hydrogens is 420 g/mol. The van der Waals surface area contributed by atoms with Crippen molar-refractivity contribution < 1.29 is 19.1 Å². The number of nitrogens with zero attached hydrogens (tertiary/aromatic N) is 3. The number of amides is 2. The van der Waals surface area contributed by atoms with E-state index in [1.165, 1.54) is 12.1 Å². The van der Waals surface area contributed by atoms with Crippen LogP contribution in [0.1, 0.15) is 24.5 Å². The highest BCUT2D eigenvalue weighted by Crippen LogP contribution is 2.29. The molecule has 8 nitrogen and oxygen atoms in total. The number of carbonyl (C=O) groups excluding carboxylic acids is 2. The van der Waals surface area contributed by atoms with Gasteiger partial charge in [-0.15, -0.1) is 0 Å². The lowest BCUT2D eigenvalue weighted by Gasteiger charge is -2.12. The zero-order valence-corrected chi connectivity index (χ0v) is 18.7. The smallest absolute Gasteiger partial charge is 0.275 e. The molecule has 2 aromatic rings. The average Bonchev–Trinajstić information content (AvgIpc) is 3.09. The van der Waals surface area contributed by atoms with Crippen LogP contribution >= 0.6 is 0 Å². The van der Waals surface area contributed by atoms with Gasteiger partial charge in [-0.05, 0) is 42.7 Å². The Labute approximate surface area is 193 Å². The summed E-state index contributed by atoms with van der Waals surface area (Å²) in [5.41, 5.74) is 2.93. The average molecular weight is 447 g/mol. The van der Waals surface area contributed by atoms with Crippen molar-refractivity contribution in [2.75, 3.05) is 26.8 Å². The van der Waals surface area contributed by atoms with Crippen LogP contribution in [0.4, 0.5) is 0 Å². The fraction of sp³-hybridized carbons (Fsp3) is 0.280. The van der Waals surface area contributed by atoms with Crippen LogP contribution in [-0.2, 0) is 16.0 Å². The number of benzene rings is 2. The predicted molar refractivity (Wildman–Crippen MR) is 125 cm³/mol.